The van der Waals surface area contributed by atoms with Gasteiger partial charge in [0.25, 0.3) is 4.90 Å². The number of hydrogen-bond acceptors (Lipinski definition) is 3. The SMILES string of the molecule is CC1(N2CCN([S+]([O-])c3c(F)c(F)c(F)c(F)c3F)CC2)CC1. The maximum Gasteiger partial charge on any atom is 0.251 e. The number of benzene rings is 1. The first-order valence-corrected chi connectivity index (χ1v) is 8.30. The smallest absolute Gasteiger partial charge is 0.251 e. The van der Waals surface area contributed by atoms with Crippen LogP contribution in [0, 0.1) is 29.1 Å². The zero-order chi connectivity index (χ0) is 16.9. The van der Waals surface area contributed by atoms with Crippen molar-refractivity contribution in [1.82, 2.24) is 9.21 Å². The molecule has 23 heavy (non-hydrogen) atoms. The molecule has 0 amide bonds. The summed E-state index contributed by atoms with van der Waals surface area (Å²) < 4.78 is 80.5. The predicted molar refractivity (Wildman–Crippen MR) is 73.4 cm³/mol. The van der Waals surface area contributed by atoms with Crippen LogP contribution in [0.5, 0.6) is 0 Å². The molecule has 2 aliphatic rings. The van der Waals surface area contributed by atoms with E-state index in [4.69, 9.17) is 0 Å². The van der Waals surface area contributed by atoms with Gasteiger partial charge < -0.3 is 4.55 Å². The van der Waals surface area contributed by atoms with E-state index in [1.807, 2.05) is 0 Å². The monoisotopic (exact) mass is 354 g/mol. The summed E-state index contributed by atoms with van der Waals surface area (Å²) in [6.45, 7) is 3.66. The molecule has 1 aliphatic carbocycles. The lowest BCUT2D eigenvalue weighted by Crippen LogP contribution is -2.52. The van der Waals surface area contributed by atoms with Crippen LogP contribution in [-0.4, -0.2) is 45.5 Å². The molecule has 1 heterocycles. The van der Waals surface area contributed by atoms with Gasteiger partial charge in [0.2, 0.25) is 29.1 Å². The number of halogens is 5. The molecule has 1 aromatic carbocycles. The van der Waals surface area contributed by atoms with Gasteiger partial charge in [-0.3, -0.25) is 4.90 Å². The second kappa shape index (κ2) is 5.87. The zero-order valence-corrected chi connectivity index (χ0v) is 13.2. The van der Waals surface area contributed by atoms with Crippen LogP contribution in [-0.2, 0) is 11.4 Å². The molecular formula is C14H15F5N2OS. The first-order chi connectivity index (χ1) is 10.8. The van der Waals surface area contributed by atoms with Gasteiger partial charge in [-0.15, -0.1) is 4.31 Å². The average molecular weight is 354 g/mol. The molecule has 9 heteroatoms. The highest BCUT2D eigenvalue weighted by Crippen LogP contribution is 2.41. The number of hydrogen-bond donors (Lipinski definition) is 0. The summed E-state index contributed by atoms with van der Waals surface area (Å²) in [5.74, 6) is -10.5. The van der Waals surface area contributed by atoms with Crippen LogP contribution in [0.4, 0.5) is 22.0 Å². The van der Waals surface area contributed by atoms with Crippen molar-refractivity contribution in [2.24, 2.45) is 0 Å². The molecule has 1 saturated carbocycles. The van der Waals surface area contributed by atoms with Gasteiger partial charge >= 0.3 is 0 Å². The van der Waals surface area contributed by atoms with Crippen molar-refractivity contribution < 1.29 is 26.5 Å². The molecule has 3 nitrogen and oxygen atoms in total. The second-order valence-corrected chi connectivity index (χ2v) is 7.48. The zero-order valence-electron chi connectivity index (χ0n) is 12.3. The van der Waals surface area contributed by atoms with Crippen molar-refractivity contribution >= 4 is 11.4 Å². The van der Waals surface area contributed by atoms with Gasteiger partial charge in [0.1, 0.15) is 0 Å². The normalized spacial score (nSPS) is 23.1. The molecule has 2 fully saturated rings. The topological polar surface area (TPSA) is 29.5 Å². The van der Waals surface area contributed by atoms with E-state index in [1.165, 1.54) is 4.31 Å². The highest BCUT2D eigenvalue weighted by Gasteiger charge is 2.46. The largest absolute Gasteiger partial charge is 0.593 e. The average Bonchev–Trinajstić information content (AvgIpc) is 3.30. The summed E-state index contributed by atoms with van der Waals surface area (Å²) in [6, 6.07) is 0. The summed E-state index contributed by atoms with van der Waals surface area (Å²) >= 11 is -2.43. The summed E-state index contributed by atoms with van der Waals surface area (Å²) in [6.07, 6.45) is 2.13. The molecule has 1 saturated heterocycles. The molecule has 128 valence electrons. The van der Waals surface area contributed by atoms with Crippen LogP contribution in [0.2, 0.25) is 0 Å². The summed E-state index contributed by atoms with van der Waals surface area (Å²) in [5.41, 5.74) is 0.123. The fourth-order valence-electron chi connectivity index (χ4n) is 2.76. The molecule has 0 bridgehead atoms. The van der Waals surface area contributed by atoms with Gasteiger partial charge in [0, 0.05) is 18.6 Å². The van der Waals surface area contributed by atoms with Gasteiger partial charge in [-0.1, -0.05) is 0 Å². The fraction of sp³-hybridized carbons (Fsp3) is 0.571. The predicted octanol–water partition coefficient (Wildman–Crippen LogP) is 2.57. The van der Waals surface area contributed by atoms with Gasteiger partial charge in [-0.25, -0.2) is 13.2 Å². The lowest BCUT2D eigenvalue weighted by molar-refractivity contribution is 0.131. The highest BCUT2D eigenvalue weighted by molar-refractivity contribution is 7.89. The molecule has 0 spiro atoms. The van der Waals surface area contributed by atoms with Crippen LogP contribution in [0.3, 0.4) is 0 Å². The third kappa shape index (κ3) is 2.84. The van der Waals surface area contributed by atoms with E-state index >= 15 is 0 Å². The van der Waals surface area contributed by atoms with E-state index in [1.54, 1.807) is 0 Å². The van der Waals surface area contributed by atoms with Crippen LogP contribution in [0.25, 0.3) is 0 Å². The Labute approximate surface area is 133 Å². The van der Waals surface area contributed by atoms with Crippen molar-refractivity contribution in [1.29, 1.82) is 0 Å². The van der Waals surface area contributed by atoms with E-state index in [9.17, 15) is 26.5 Å². The van der Waals surface area contributed by atoms with Crippen molar-refractivity contribution in [3.63, 3.8) is 0 Å². The minimum atomic E-state index is -2.43. The summed E-state index contributed by atoms with van der Waals surface area (Å²) in [7, 11) is 0. The van der Waals surface area contributed by atoms with Crippen LogP contribution >= 0.6 is 0 Å². The third-order valence-corrected chi connectivity index (χ3v) is 6.10. The van der Waals surface area contributed by atoms with Crippen molar-refractivity contribution in [2.75, 3.05) is 26.2 Å². The molecule has 0 aromatic heterocycles. The Morgan fingerprint density at radius 3 is 1.70 bits per heavy atom. The fourth-order valence-corrected chi connectivity index (χ4v) is 4.00. The molecule has 0 radical (unpaired) electrons. The summed E-state index contributed by atoms with van der Waals surface area (Å²) in [4.78, 5) is 0.923. The minimum absolute atomic E-state index is 0.123. The van der Waals surface area contributed by atoms with Gasteiger partial charge in [-0.2, -0.15) is 8.78 Å². The van der Waals surface area contributed by atoms with E-state index in [-0.39, 0.29) is 18.6 Å². The van der Waals surface area contributed by atoms with Crippen molar-refractivity contribution in [2.45, 2.75) is 30.2 Å². The third-order valence-electron chi connectivity index (χ3n) is 4.55. The quantitative estimate of drug-likeness (QED) is 0.362. The van der Waals surface area contributed by atoms with E-state index in [0.717, 1.165) is 12.8 Å². The first-order valence-electron chi connectivity index (χ1n) is 7.19. The Kier molecular flexibility index (Phi) is 4.33. The van der Waals surface area contributed by atoms with E-state index in [2.05, 4.69) is 11.8 Å². The highest BCUT2D eigenvalue weighted by atomic mass is 32.2. The Bertz CT molecular complexity index is 603. The molecule has 1 atom stereocenters. The van der Waals surface area contributed by atoms with Crippen molar-refractivity contribution in [3.05, 3.63) is 29.1 Å². The van der Waals surface area contributed by atoms with E-state index < -0.39 is 45.3 Å². The molecular weight excluding hydrogens is 339 g/mol. The number of piperazine rings is 1. The molecule has 1 unspecified atom stereocenters. The van der Waals surface area contributed by atoms with E-state index in [0.29, 0.717) is 13.1 Å². The maximum atomic E-state index is 13.7. The van der Waals surface area contributed by atoms with Crippen molar-refractivity contribution in [3.8, 4) is 0 Å². The first kappa shape index (κ1) is 16.9. The van der Waals surface area contributed by atoms with Gasteiger partial charge in [-0.05, 0) is 19.8 Å². The molecule has 1 aromatic rings. The van der Waals surface area contributed by atoms with Crippen LogP contribution < -0.4 is 0 Å². The standard InChI is InChI=1S/C14H15F5N2OS/c1-14(2-3-14)20-4-6-21(7-5-20)23(22)13-11(18)9(16)8(15)10(17)12(13)19/h2-7H2,1H3. The molecule has 0 N–H and O–H groups in total. The van der Waals surface area contributed by atoms with Gasteiger partial charge in [0.15, 0.2) is 0 Å². The summed E-state index contributed by atoms with van der Waals surface area (Å²) in [5, 5.41) is 0. The lowest BCUT2D eigenvalue weighted by Gasteiger charge is -2.37. The Morgan fingerprint density at radius 1 is 0.826 bits per heavy atom. The Hall–Kier alpha value is -0.900. The number of rotatable bonds is 3. The number of nitrogens with zero attached hydrogens (tertiary/aromatic N) is 2. The molecule has 1 aliphatic heterocycles. The maximum absolute atomic E-state index is 13.7. The second-order valence-electron chi connectivity index (χ2n) is 6.06. The molecule has 3 rings (SSSR count). The van der Waals surface area contributed by atoms with Gasteiger partial charge in [0.05, 0.1) is 24.5 Å². The minimum Gasteiger partial charge on any atom is -0.593 e. The Morgan fingerprint density at radius 2 is 1.26 bits per heavy atom. The van der Waals surface area contributed by atoms with Crippen LogP contribution in [0.15, 0.2) is 4.90 Å². The van der Waals surface area contributed by atoms with Crippen LogP contribution in [0.1, 0.15) is 19.8 Å². The lowest BCUT2D eigenvalue weighted by atomic mass is 10.2. The Balaban J connectivity index is 1.80.